The van der Waals surface area contributed by atoms with Crippen molar-refractivity contribution in [2.75, 3.05) is 4.90 Å². The summed E-state index contributed by atoms with van der Waals surface area (Å²) in [6, 6.07) is 5.80. The first-order valence-electron chi connectivity index (χ1n) is 5.59. The van der Waals surface area contributed by atoms with E-state index in [0.717, 1.165) is 22.8 Å². The Bertz CT molecular complexity index is 577. The molecule has 6 heteroatoms. The van der Waals surface area contributed by atoms with Crippen molar-refractivity contribution in [2.24, 2.45) is 5.73 Å². The van der Waals surface area contributed by atoms with Crippen molar-refractivity contribution >= 4 is 23.3 Å². The lowest BCUT2D eigenvalue weighted by atomic mass is 10.2. The van der Waals surface area contributed by atoms with Crippen LogP contribution in [0.3, 0.4) is 0 Å². The topological polar surface area (TPSA) is 70.8 Å². The molecule has 1 unspecified atom stereocenters. The van der Waals surface area contributed by atoms with E-state index in [0.29, 0.717) is 0 Å². The Morgan fingerprint density at radius 1 is 1.44 bits per heavy atom. The van der Waals surface area contributed by atoms with E-state index in [-0.39, 0.29) is 5.50 Å². The molecule has 2 aromatic heterocycles. The van der Waals surface area contributed by atoms with Gasteiger partial charge in [-0.05, 0) is 24.5 Å². The summed E-state index contributed by atoms with van der Waals surface area (Å²) in [6.07, 6.45) is 3.65. The third-order valence-corrected chi connectivity index (χ3v) is 3.69. The lowest BCUT2D eigenvalue weighted by molar-refractivity contribution is 0.915. The molecule has 1 aliphatic rings. The molecule has 2 aromatic rings. The van der Waals surface area contributed by atoms with Crippen molar-refractivity contribution in [3.63, 3.8) is 0 Å². The third-order valence-electron chi connectivity index (χ3n) is 2.84. The van der Waals surface area contributed by atoms with Crippen LogP contribution in [0.25, 0.3) is 5.70 Å². The maximum Gasteiger partial charge on any atom is 0.135 e. The van der Waals surface area contributed by atoms with Gasteiger partial charge in [0.05, 0.1) is 11.4 Å². The second kappa shape index (κ2) is 4.47. The number of hydrogen-bond acceptors (Lipinski definition) is 5. The lowest BCUT2D eigenvalue weighted by Crippen LogP contribution is -2.35. The number of thioether (sulfide) groups is 1. The van der Waals surface area contributed by atoms with Crippen LogP contribution >= 0.6 is 11.8 Å². The second-order valence-electron chi connectivity index (χ2n) is 3.97. The SMILES string of the molecule is Cc1n[nH]cc1C1=CSC(N)N1c1ccccn1. The number of nitrogens with one attached hydrogen (secondary N) is 1. The Balaban J connectivity index is 2.03. The molecule has 0 saturated carbocycles. The van der Waals surface area contributed by atoms with Crippen LogP contribution in [0.1, 0.15) is 11.3 Å². The molecule has 0 bridgehead atoms. The van der Waals surface area contributed by atoms with Gasteiger partial charge in [-0.15, -0.1) is 0 Å². The normalized spacial score (nSPS) is 19.1. The van der Waals surface area contributed by atoms with Gasteiger partial charge in [-0.1, -0.05) is 17.8 Å². The summed E-state index contributed by atoms with van der Waals surface area (Å²) in [5, 5.41) is 9.08. The van der Waals surface area contributed by atoms with E-state index in [4.69, 9.17) is 5.73 Å². The molecular weight excluding hydrogens is 246 g/mol. The van der Waals surface area contributed by atoms with Crippen LogP contribution in [0.15, 0.2) is 36.0 Å². The quantitative estimate of drug-likeness (QED) is 0.862. The van der Waals surface area contributed by atoms with E-state index in [1.807, 2.05) is 36.2 Å². The molecule has 3 rings (SSSR count). The van der Waals surface area contributed by atoms with Gasteiger partial charge in [-0.3, -0.25) is 10.00 Å². The van der Waals surface area contributed by atoms with Gasteiger partial charge in [0.25, 0.3) is 0 Å². The zero-order valence-electron chi connectivity index (χ0n) is 9.87. The first kappa shape index (κ1) is 11.3. The Morgan fingerprint density at radius 2 is 2.33 bits per heavy atom. The highest BCUT2D eigenvalue weighted by Gasteiger charge is 2.28. The molecule has 0 saturated heterocycles. The predicted octanol–water partition coefficient (Wildman–Crippen LogP) is 1.91. The van der Waals surface area contributed by atoms with Gasteiger partial charge in [0, 0.05) is 18.0 Å². The Hall–Kier alpha value is -1.79. The smallest absolute Gasteiger partial charge is 0.135 e. The molecule has 92 valence electrons. The molecule has 5 nitrogen and oxygen atoms in total. The van der Waals surface area contributed by atoms with Gasteiger partial charge in [0.1, 0.15) is 11.3 Å². The Morgan fingerprint density at radius 3 is 3.00 bits per heavy atom. The van der Waals surface area contributed by atoms with Gasteiger partial charge >= 0.3 is 0 Å². The maximum atomic E-state index is 6.12. The fraction of sp³-hybridized carbons (Fsp3) is 0.167. The molecular formula is C12H13N5S. The van der Waals surface area contributed by atoms with Crippen molar-refractivity contribution in [1.29, 1.82) is 0 Å². The minimum atomic E-state index is -0.149. The molecule has 0 spiro atoms. The highest BCUT2D eigenvalue weighted by atomic mass is 32.2. The van der Waals surface area contributed by atoms with Gasteiger partial charge in [0.2, 0.25) is 0 Å². The predicted molar refractivity (Wildman–Crippen MR) is 73.6 cm³/mol. The highest BCUT2D eigenvalue weighted by Crippen LogP contribution is 2.37. The highest BCUT2D eigenvalue weighted by molar-refractivity contribution is 8.03. The van der Waals surface area contributed by atoms with Gasteiger partial charge in [-0.25, -0.2) is 4.98 Å². The zero-order valence-corrected chi connectivity index (χ0v) is 10.7. The van der Waals surface area contributed by atoms with Crippen LogP contribution < -0.4 is 10.6 Å². The van der Waals surface area contributed by atoms with Crippen LogP contribution in [0.4, 0.5) is 5.82 Å². The molecule has 0 fully saturated rings. The van der Waals surface area contributed by atoms with Crippen molar-refractivity contribution < 1.29 is 0 Å². The number of hydrogen-bond donors (Lipinski definition) is 2. The fourth-order valence-electron chi connectivity index (χ4n) is 1.95. The Labute approximate surface area is 109 Å². The summed E-state index contributed by atoms with van der Waals surface area (Å²) >= 11 is 1.58. The third kappa shape index (κ3) is 1.79. The molecule has 0 aromatic carbocycles. The lowest BCUT2D eigenvalue weighted by Gasteiger charge is -2.25. The van der Waals surface area contributed by atoms with Crippen LogP contribution in [0.2, 0.25) is 0 Å². The summed E-state index contributed by atoms with van der Waals surface area (Å²) in [5.41, 5.74) is 9.03. The van der Waals surface area contributed by atoms with E-state index in [9.17, 15) is 0 Å². The summed E-state index contributed by atoms with van der Waals surface area (Å²) in [7, 11) is 0. The number of pyridine rings is 1. The molecule has 0 aliphatic carbocycles. The summed E-state index contributed by atoms with van der Waals surface area (Å²) in [6.45, 7) is 1.97. The van der Waals surface area contributed by atoms with Crippen molar-refractivity contribution in [2.45, 2.75) is 12.4 Å². The van der Waals surface area contributed by atoms with Crippen LogP contribution in [0.5, 0.6) is 0 Å². The molecule has 1 atom stereocenters. The maximum absolute atomic E-state index is 6.12. The summed E-state index contributed by atoms with van der Waals surface area (Å²) < 4.78 is 0. The van der Waals surface area contributed by atoms with Crippen LogP contribution in [-0.4, -0.2) is 20.7 Å². The standard InChI is InChI=1S/C12H13N5S/c1-8-9(6-15-16-8)10-7-18-12(13)17(10)11-4-2-3-5-14-11/h2-7,12H,13H2,1H3,(H,15,16). The van der Waals surface area contributed by atoms with Crippen molar-refractivity contribution in [3.05, 3.63) is 47.3 Å². The average Bonchev–Trinajstić information content (AvgIpc) is 2.96. The number of aromatic nitrogens is 3. The van der Waals surface area contributed by atoms with Gasteiger partial charge in [-0.2, -0.15) is 5.10 Å². The van der Waals surface area contributed by atoms with E-state index in [1.165, 1.54) is 0 Å². The number of aryl methyl sites for hydroxylation is 1. The first-order chi connectivity index (χ1) is 8.77. The Kier molecular flexibility index (Phi) is 2.81. The number of aromatic amines is 1. The van der Waals surface area contributed by atoms with Crippen LogP contribution in [-0.2, 0) is 0 Å². The monoisotopic (exact) mass is 259 g/mol. The number of nitrogens with zero attached hydrogens (tertiary/aromatic N) is 3. The number of nitrogens with two attached hydrogens (primary N) is 1. The van der Waals surface area contributed by atoms with E-state index >= 15 is 0 Å². The molecule has 3 N–H and O–H groups in total. The number of anilines is 1. The van der Waals surface area contributed by atoms with Crippen molar-refractivity contribution in [1.82, 2.24) is 15.2 Å². The number of rotatable bonds is 2. The first-order valence-corrected chi connectivity index (χ1v) is 6.54. The molecule has 18 heavy (non-hydrogen) atoms. The molecule has 0 amide bonds. The van der Waals surface area contributed by atoms with E-state index < -0.39 is 0 Å². The number of H-pyrrole nitrogens is 1. The fourth-order valence-corrected chi connectivity index (χ4v) is 2.80. The summed E-state index contributed by atoms with van der Waals surface area (Å²) in [4.78, 5) is 6.38. The largest absolute Gasteiger partial charge is 0.302 e. The molecule has 1 aliphatic heterocycles. The van der Waals surface area contributed by atoms with E-state index in [2.05, 4.69) is 20.6 Å². The zero-order chi connectivity index (χ0) is 12.5. The van der Waals surface area contributed by atoms with Gasteiger partial charge < -0.3 is 5.73 Å². The van der Waals surface area contributed by atoms with E-state index in [1.54, 1.807) is 18.0 Å². The van der Waals surface area contributed by atoms with Crippen LogP contribution in [0, 0.1) is 6.92 Å². The summed E-state index contributed by atoms with van der Waals surface area (Å²) in [5.74, 6) is 0.849. The minimum absolute atomic E-state index is 0.149. The van der Waals surface area contributed by atoms with Crippen molar-refractivity contribution in [3.8, 4) is 0 Å². The second-order valence-corrected chi connectivity index (χ2v) is 4.96. The molecule has 0 radical (unpaired) electrons. The van der Waals surface area contributed by atoms with Gasteiger partial charge in [0.15, 0.2) is 0 Å². The average molecular weight is 259 g/mol. The minimum Gasteiger partial charge on any atom is -0.302 e. The molecule has 3 heterocycles.